The minimum Gasteiger partial charge on any atom is -0.508 e. The van der Waals surface area contributed by atoms with Crippen LogP contribution in [0, 0.1) is 0 Å². The van der Waals surface area contributed by atoms with Crippen molar-refractivity contribution in [3.05, 3.63) is 45.9 Å². The van der Waals surface area contributed by atoms with Crippen LogP contribution >= 0.6 is 11.3 Å². The fourth-order valence-corrected chi connectivity index (χ4v) is 2.15. The van der Waals surface area contributed by atoms with Crippen LogP contribution in [0.3, 0.4) is 0 Å². The Kier molecular flexibility index (Phi) is 3.59. The van der Waals surface area contributed by atoms with Gasteiger partial charge in [0.05, 0.1) is 5.51 Å². The first-order valence-corrected chi connectivity index (χ1v) is 6.44. The summed E-state index contributed by atoms with van der Waals surface area (Å²) in [6.07, 6.45) is 5.81. The molecule has 0 amide bonds. The van der Waals surface area contributed by atoms with Gasteiger partial charge in [0, 0.05) is 11.1 Å². The molecule has 3 heteroatoms. The number of hydrogen-bond donors (Lipinski definition) is 1. The first kappa shape index (κ1) is 11.9. The second kappa shape index (κ2) is 5.15. The fraction of sp³-hybridized carbons (Fsp3) is 0.214. The van der Waals surface area contributed by atoms with Crippen molar-refractivity contribution in [2.75, 3.05) is 0 Å². The predicted molar refractivity (Wildman–Crippen MR) is 73.2 cm³/mol. The van der Waals surface area contributed by atoms with Crippen molar-refractivity contribution in [3.63, 3.8) is 0 Å². The zero-order valence-electron chi connectivity index (χ0n) is 9.92. The van der Waals surface area contributed by atoms with Crippen LogP contribution in [0.15, 0.2) is 29.9 Å². The molecule has 0 unspecified atom stereocenters. The Bertz CT molecular complexity index is 515. The molecule has 0 saturated heterocycles. The second-order valence-corrected chi connectivity index (χ2v) is 5.13. The SMILES string of the molecule is CC(C)c1ccc(/C=C/c2cncs2)cc1O. The molecule has 88 valence electrons. The Morgan fingerprint density at radius 2 is 2.12 bits per heavy atom. The molecule has 1 N–H and O–H groups in total. The molecule has 0 aliphatic rings. The molecule has 1 aromatic heterocycles. The number of thiazole rings is 1. The Morgan fingerprint density at radius 1 is 1.29 bits per heavy atom. The lowest BCUT2D eigenvalue weighted by Gasteiger charge is -2.08. The van der Waals surface area contributed by atoms with Crippen molar-refractivity contribution in [2.45, 2.75) is 19.8 Å². The molecule has 0 bridgehead atoms. The van der Waals surface area contributed by atoms with Gasteiger partial charge in [0.25, 0.3) is 0 Å². The van der Waals surface area contributed by atoms with E-state index in [1.165, 1.54) is 0 Å². The number of benzene rings is 1. The van der Waals surface area contributed by atoms with Gasteiger partial charge < -0.3 is 5.11 Å². The van der Waals surface area contributed by atoms with Crippen molar-refractivity contribution in [2.24, 2.45) is 0 Å². The van der Waals surface area contributed by atoms with Crippen molar-refractivity contribution in [3.8, 4) is 5.75 Å². The number of nitrogens with zero attached hydrogens (tertiary/aromatic N) is 1. The summed E-state index contributed by atoms with van der Waals surface area (Å²) in [5.41, 5.74) is 3.79. The molecule has 17 heavy (non-hydrogen) atoms. The van der Waals surface area contributed by atoms with Gasteiger partial charge in [-0.15, -0.1) is 11.3 Å². The first-order valence-electron chi connectivity index (χ1n) is 5.56. The van der Waals surface area contributed by atoms with Crippen molar-refractivity contribution in [1.29, 1.82) is 0 Å². The van der Waals surface area contributed by atoms with E-state index < -0.39 is 0 Å². The third-order valence-corrected chi connectivity index (χ3v) is 3.31. The fourth-order valence-electron chi connectivity index (χ4n) is 1.64. The van der Waals surface area contributed by atoms with E-state index in [0.717, 1.165) is 16.0 Å². The zero-order chi connectivity index (χ0) is 12.3. The van der Waals surface area contributed by atoms with Gasteiger partial charge in [-0.2, -0.15) is 0 Å². The Labute approximate surface area is 105 Å². The molecule has 1 heterocycles. The van der Waals surface area contributed by atoms with Gasteiger partial charge in [0.2, 0.25) is 0 Å². The van der Waals surface area contributed by atoms with E-state index in [0.29, 0.717) is 11.7 Å². The number of hydrogen-bond acceptors (Lipinski definition) is 3. The normalized spacial score (nSPS) is 11.5. The maximum atomic E-state index is 9.88. The third-order valence-electron chi connectivity index (χ3n) is 2.57. The Hall–Kier alpha value is -1.61. The average Bonchev–Trinajstić information content (AvgIpc) is 2.78. The van der Waals surface area contributed by atoms with Crippen LogP contribution in [0.25, 0.3) is 12.2 Å². The molecule has 0 aliphatic heterocycles. The van der Waals surface area contributed by atoms with E-state index in [2.05, 4.69) is 18.8 Å². The van der Waals surface area contributed by atoms with Gasteiger partial charge >= 0.3 is 0 Å². The molecule has 0 atom stereocenters. The quantitative estimate of drug-likeness (QED) is 0.881. The van der Waals surface area contributed by atoms with Crippen LogP contribution in [0.5, 0.6) is 5.75 Å². The van der Waals surface area contributed by atoms with E-state index in [-0.39, 0.29) is 0 Å². The van der Waals surface area contributed by atoms with Gasteiger partial charge in [-0.1, -0.05) is 32.1 Å². The highest BCUT2D eigenvalue weighted by Gasteiger charge is 2.05. The molecule has 2 rings (SSSR count). The highest BCUT2D eigenvalue weighted by molar-refractivity contribution is 7.10. The van der Waals surface area contributed by atoms with E-state index in [1.807, 2.05) is 30.5 Å². The third kappa shape index (κ3) is 2.94. The van der Waals surface area contributed by atoms with Crippen molar-refractivity contribution in [1.82, 2.24) is 4.98 Å². The molecule has 2 aromatic rings. The number of rotatable bonds is 3. The summed E-state index contributed by atoms with van der Waals surface area (Å²) in [5.74, 6) is 0.709. The molecule has 0 radical (unpaired) electrons. The van der Waals surface area contributed by atoms with E-state index in [1.54, 1.807) is 22.9 Å². The van der Waals surface area contributed by atoms with Gasteiger partial charge in [0.15, 0.2) is 0 Å². The van der Waals surface area contributed by atoms with E-state index in [9.17, 15) is 5.11 Å². The molecule has 0 aliphatic carbocycles. The van der Waals surface area contributed by atoms with Gasteiger partial charge in [0.1, 0.15) is 5.75 Å². The maximum Gasteiger partial charge on any atom is 0.119 e. The maximum absolute atomic E-state index is 9.88. The number of phenols is 1. The molecule has 1 aromatic carbocycles. The van der Waals surface area contributed by atoms with Gasteiger partial charge in [-0.25, -0.2) is 0 Å². The lowest BCUT2D eigenvalue weighted by atomic mass is 10.0. The smallest absolute Gasteiger partial charge is 0.119 e. The summed E-state index contributed by atoms with van der Waals surface area (Å²) in [7, 11) is 0. The molecule has 0 spiro atoms. The molecule has 0 fully saturated rings. The summed E-state index contributed by atoms with van der Waals surface area (Å²) in [6, 6.07) is 5.80. The minimum absolute atomic E-state index is 0.342. The lowest BCUT2D eigenvalue weighted by Crippen LogP contribution is -1.88. The molecular weight excluding hydrogens is 230 g/mol. The second-order valence-electron chi connectivity index (χ2n) is 4.21. The van der Waals surface area contributed by atoms with Gasteiger partial charge in [-0.05, 0) is 29.2 Å². The first-order chi connectivity index (χ1) is 8.16. The molecule has 2 nitrogen and oxygen atoms in total. The topological polar surface area (TPSA) is 33.1 Å². The van der Waals surface area contributed by atoms with Crippen LogP contribution in [-0.2, 0) is 0 Å². The summed E-state index contributed by atoms with van der Waals surface area (Å²) in [5, 5.41) is 9.88. The zero-order valence-corrected chi connectivity index (χ0v) is 10.7. The lowest BCUT2D eigenvalue weighted by molar-refractivity contribution is 0.465. The van der Waals surface area contributed by atoms with Crippen molar-refractivity contribution < 1.29 is 5.11 Å². The Balaban J connectivity index is 2.21. The van der Waals surface area contributed by atoms with Crippen LogP contribution < -0.4 is 0 Å². The van der Waals surface area contributed by atoms with Crippen molar-refractivity contribution >= 4 is 23.5 Å². The summed E-state index contributed by atoms with van der Waals surface area (Å²) < 4.78 is 0. The summed E-state index contributed by atoms with van der Waals surface area (Å²) >= 11 is 1.59. The number of aromatic nitrogens is 1. The van der Waals surface area contributed by atoms with Crippen LogP contribution in [0.2, 0.25) is 0 Å². The van der Waals surface area contributed by atoms with Crippen LogP contribution in [0.4, 0.5) is 0 Å². The monoisotopic (exact) mass is 245 g/mol. The van der Waals surface area contributed by atoms with Crippen LogP contribution in [-0.4, -0.2) is 10.1 Å². The molecule has 0 saturated carbocycles. The van der Waals surface area contributed by atoms with Gasteiger partial charge in [-0.3, -0.25) is 4.98 Å². The van der Waals surface area contributed by atoms with E-state index >= 15 is 0 Å². The minimum atomic E-state index is 0.342. The predicted octanol–water partition coefficient (Wildman–Crippen LogP) is 4.14. The van der Waals surface area contributed by atoms with E-state index in [4.69, 9.17) is 0 Å². The highest BCUT2D eigenvalue weighted by Crippen LogP contribution is 2.27. The standard InChI is InChI=1S/C14H15NOS/c1-10(2)13-6-4-11(7-14(13)16)3-5-12-8-15-9-17-12/h3-10,16H,1-2H3/b5-3+. The highest BCUT2D eigenvalue weighted by atomic mass is 32.1. The largest absolute Gasteiger partial charge is 0.508 e. The summed E-state index contributed by atoms with van der Waals surface area (Å²) in [4.78, 5) is 5.12. The van der Waals surface area contributed by atoms with Crippen LogP contribution in [0.1, 0.15) is 35.8 Å². The number of phenolic OH excluding ortho intramolecular Hbond substituents is 1. The number of aromatic hydroxyl groups is 1. The Morgan fingerprint density at radius 3 is 2.71 bits per heavy atom. The average molecular weight is 245 g/mol. The molecular formula is C14H15NOS. The summed E-state index contributed by atoms with van der Waals surface area (Å²) in [6.45, 7) is 4.14.